The lowest BCUT2D eigenvalue weighted by molar-refractivity contribution is -0.140. The van der Waals surface area contributed by atoms with Gasteiger partial charge in [0.2, 0.25) is 0 Å². The van der Waals surface area contributed by atoms with E-state index in [1.54, 1.807) is 11.6 Å². The molecule has 1 aromatic rings. The maximum Gasteiger partial charge on any atom is 0.322 e. The minimum atomic E-state index is -0.889. The highest BCUT2D eigenvalue weighted by atomic mass is 35.5. The van der Waals surface area contributed by atoms with Gasteiger partial charge in [0.1, 0.15) is 6.04 Å². The molecule has 0 aliphatic heterocycles. The van der Waals surface area contributed by atoms with Crippen LogP contribution in [0.4, 0.5) is 0 Å². The molecule has 5 nitrogen and oxygen atoms in total. The number of carboxylic acid groups (broad SMARTS) is 1. The molecule has 0 radical (unpaired) electrons. The topological polar surface area (TPSA) is 67.2 Å². The summed E-state index contributed by atoms with van der Waals surface area (Å²) in [6, 6.07) is -0.954. The van der Waals surface area contributed by atoms with Crippen molar-refractivity contribution in [3.63, 3.8) is 0 Å². The van der Waals surface area contributed by atoms with Crippen LogP contribution in [0.25, 0.3) is 0 Å². The molecule has 1 aromatic heterocycles. The van der Waals surface area contributed by atoms with Gasteiger partial charge in [0.25, 0.3) is 0 Å². The Morgan fingerprint density at radius 2 is 2.38 bits per heavy atom. The van der Waals surface area contributed by atoms with E-state index in [4.69, 9.17) is 16.7 Å². The van der Waals surface area contributed by atoms with Crippen LogP contribution in [0, 0.1) is 6.92 Å². The Bertz CT molecular complexity index is 378. The number of carbonyl (C=O) groups is 1. The van der Waals surface area contributed by atoms with Crippen LogP contribution >= 0.6 is 11.6 Å². The first kappa shape index (κ1) is 13.0. The molecule has 0 fully saturated rings. The second-order valence-corrected chi connectivity index (χ2v) is 4.04. The fourth-order valence-corrected chi connectivity index (χ4v) is 1.77. The molecule has 2 N–H and O–H groups in total. The third-order valence-corrected chi connectivity index (χ3v) is 2.91. The number of nitrogens with zero attached hydrogens (tertiary/aromatic N) is 2. The molecule has 0 saturated carbocycles. The Labute approximate surface area is 99.4 Å². The van der Waals surface area contributed by atoms with E-state index in [1.165, 1.54) is 6.20 Å². The molecular weight excluding hydrogens is 230 g/mol. The number of aliphatic carboxylic acids is 1. The number of halogens is 1. The summed E-state index contributed by atoms with van der Waals surface area (Å²) in [5, 5.41) is 16.6. The van der Waals surface area contributed by atoms with E-state index in [0.29, 0.717) is 11.6 Å². The van der Waals surface area contributed by atoms with Gasteiger partial charge in [-0.1, -0.05) is 18.5 Å². The highest BCUT2D eigenvalue weighted by Gasteiger charge is 2.26. The zero-order valence-corrected chi connectivity index (χ0v) is 10.3. The predicted molar refractivity (Wildman–Crippen MR) is 61.8 cm³/mol. The standard InChI is InChI=1S/C10H16ClN3O2/c1-4-12-9(10(15)16)7(3)14-6(2)8(11)5-13-14/h5,7,9,12H,4H2,1-3H3,(H,15,16). The molecule has 90 valence electrons. The number of likely N-dealkylation sites (N-methyl/N-ethyl adjacent to an activating group) is 1. The first-order valence-corrected chi connectivity index (χ1v) is 5.52. The van der Waals surface area contributed by atoms with Gasteiger partial charge in [0.15, 0.2) is 0 Å². The quantitative estimate of drug-likeness (QED) is 0.825. The minimum Gasteiger partial charge on any atom is -0.480 e. The molecule has 16 heavy (non-hydrogen) atoms. The van der Waals surface area contributed by atoms with E-state index in [2.05, 4.69) is 10.4 Å². The summed E-state index contributed by atoms with van der Waals surface area (Å²) in [4.78, 5) is 11.1. The molecule has 1 rings (SSSR count). The Morgan fingerprint density at radius 3 is 2.75 bits per heavy atom. The molecule has 6 heteroatoms. The molecule has 2 atom stereocenters. The van der Waals surface area contributed by atoms with Crippen LogP contribution in [-0.2, 0) is 4.79 Å². The van der Waals surface area contributed by atoms with E-state index in [1.807, 2.05) is 13.8 Å². The third-order valence-electron chi connectivity index (χ3n) is 2.54. The molecule has 0 aliphatic carbocycles. The molecule has 0 aliphatic rings. The fraction of sp³-hybridized carbons (Fsp3) is 0.600. The lowest BCUT2D eigenvalue weighted by Gasteiger charge is -2.22. The van der Waals surface area contributed by atoms with Gasteiger partial charge in [-0.3, -0.25) is 9.48 Å². The average molecular weight is 246 g/mol. The molecule has 0 bridgehead atoms. The van der Waals surface area contributed by atoms with Crippen molar-refractivity contribution < 1.29 is 9.90 Å². The first-order chi connectivity index (χ1) is 7.49. The van der Waals surface area contributed by atoms with Gasteiger partial charge in [-0.2, -0.15) is 5.10 Å². The number of carboxylic acids is 1. The van der Waals surface area contributed by atoms with Crippen LogP contribution in [0.3, 0.4) is 0 Å². The van der Waals surface area contributed by atoms with Crippen molar-refractivity contribution in [1.29, 1.82) is 0 Å². The molecule has 0 spiro atoms. The van der Waals surface area contributed by atoms with Crippen molar-refractivity contribution >= 4 is 17.6 Å². The largest absolute Gasteiger partial charge is 0.480 e. The van der Waals surface area contributed by atoms with Crippen LogP contribution in [0.5, 0.6) is 0 Å². The van der Waals surface area contributed by atoms with Gasteiger partial charge in [0, 0.05) is 0 Å². The smallest absolute Gasteiger partial charge is 0.322 e. The number of hydrogen-bond acceptors (Lipinski definition) is 3. The number of nitrogens with one attached hydrogen (secondary N) is 1. The summed E-state index contributed by atoms with van der Waals surface area (Å²) in [7, 11) is 0. The van der Waals surface area contributed by atoms with Crippen molar-refractivity contribution in [2.24, 2.45) is 0 Å². The first-order valence-electron chi connectivity index (χ1n) is 5.14. The Kier molecular flexibility index (Phi) is 4.32. The summed E-state index contributed by atoms with van der Waals surface area (Å²) < 4.78 is 1.63. The average Bonchev–Trinajstić information content (AvgIpc) is 2.55. The summed E-state index contributed by atoms with van der Waals surface area (Å²) in [6.07, 6.45) is 1.53. The van der Waals surface area contributed by atoms with Crippen molar-refractivity contribution in [3.8, 4) is 0 Å². The third kappa shape index (κ3) is 2.54. The normalized spacial score (nSPS) is 14.8. The van der Waals surface area contributed by atoms with Crippen molar-refractivity contribution in [2.45, 2.75) is 32.9 Å². The molecule has 1 heterocycles. The predicted octanol–water partition coefficient (Wildman–Crippen LogP) is 1.47. The molecule has 0 aromatic carbocycles. The van der Waals surface area contributed by atoms with E-state index in [-0.39, 0.29) is 6.04 Å². The van der Waals surface area contributed by atoms with Gasteiger partial charge < -0.3 is 10.4 Å². The van der Waals surface area contributed by atoms with Gasteiger partial charge in [-0.25, -0.2) is 0 Å². The lowest BCUT2D eigenvalue weighted by atomic mass is 10.1. The zero-order chi connectivity index (χ0) is 12.3. The van der Waals surface area contributed by atoms with Crippen LogP contribution in [0.2, 0.25) is 5.02 Å². The van der Waals surface area contributed by atoms with Crippen LogP contribution in [0.15, 0.2) is 6.20 Å². The van der Waals surface area contributed by atoms with Crippen molar-refractivity contribution in [3.05, 3.63) is 16.9 Å². The highest BCUT2D eigenvalue weighted by molar-refractivity contribution is 6.31. The molecule has 2 unspecified atom stereocenters. The second kappa shape index (κ2) is 5.32. The van der Waals surface area contributed by atoms with Crippen molar-refractivity contribution in [2.75, 3.05) is 6.54 Å². The Morgan fingerprint density at radius 1 is 1.75 bits per heavy atom. The van der Waals surface area contributed by atoms with Crippen LogP contribution in [0.1, 0.15) is 25.6 Å². The van der Waals surface area contributed by atoms with Gasteiger partial charge >= 0.3 is 5.97 Å². The second-order valence-electron chi connectivity index (χ2n) is 3.64. The SMILES string of the molecule is CCNC(C(=O)O)C(C)n1ncc(Cl)c1C. The summed E-state index contributed by atoms with van der Waals surface area (Å²) >= 11 is 5.88. The maximum atomic E-state index is 11.1. The molecule has 0 saturated heterocycles. The Balaban J connectivity index is 2.94. The number of hydrogen-bond donors (Lipinski definition) is 2. The molecule has 0 amide bonds. The van der Waals surface area contributed by atoms with E-state index in [9.17, 15) is 4.79 Å². The molecular formula is C10H16ClN3O2. The van der Waals surface area contributed by atoms with E-state index < -0.39 is 12.0 Å². The maximum absolute atomic E-state index is 11.1. The zero-order valence-electron chi connectivity index (χ0n) is 9.57. The summed E-state index contributed by atoms with van der Waals surface area (Å²) in [5.41, 5.74) is 0.776. The minimum absolute atomic E-state index is 0.287. The number of aromatic nitrogens is 2. The van der Waals surface area contributed by atoms with Gasteiger partial charge in [0.05, 0.1) is 23.0 Å². The van der Waals surface area contributed by atoms with E-state index >= 15 is 0 Å². The number of rotatable bonds is 5. The van der Waals surface area contributed by atoms with E-state index in [0.717, 1.165) is 5.69 Å². The van der Waals surface area contributed by atoms with Gasteiger partial charge in [-0.15, -0.1) is 0 Å². The fourth-order valence-electron chi connectivity index (χ4n) is 1.64. The van der Waals surface area contributed by atoms with Gasteiger partial charge in [-0.05, 0) is 20.4 Å². The van der Waals surface area contributed by atoms with Crippen molar-refractivity contribution in [1.82, 2.24) is 15.1 Å². The highest BCUT2D eigenvalue weighted by Crippen LogP contribution is 2.19. The summed E-state index contributed by atoms with van der Waals surface area (Å²) in [6.45, 7) is 6.08. The summed E-state index contributed by atoms with van der Waals surface area (Å²) in [5.74, 6) is -0.889. The van der Waals surface area contributed by atoms with Crippen LogP contribution in [-0.4, -0.2) is 33.4 Å². The monoisotopic (exact) mass is 245 g/mol. The lowest BCUT2D eigenvalue weighted by Crippen LogP contribution is -2.43. The van der Waals surface area contributed by atoms with Crippen LogP contribution < -0.4 is 5.32 Å². The Hall–Kier alpha value is -1.07.